The highest BCUT2D eigenvalue weighted by Crippen LogP contribution is 2.29. The van der Waals surface area contributed by atoms with Gasteiger partial charge in [-0.25, -0.2) is 0 Å². The first-order valence-electron chi connectivity index (χ1n) is 7.99. The van der Waals surface area contributed by atoms with E-state index in [2.05, 4.69) is 0 Å². The van der Waals surface area contributed by atoms with E-state index >= 15 is 0 Å². The predicted molar refractivity (Wildman–Crippen MR) is 83.7 cm³/mol. The molecule has 0 bridgehead atoms. The number of hydrogen-bond acceptors (Lipinski definition) is 11. The fraction of sp³-hybridized carbons (Fsp3) is 0.688. The minimum Gasteiger partial charge on any atom is -0.463 e. The molecule has 11 heteroatoms. The van der Waals surface area contributed by atoms with Gasteiger partial charge in [-0.2, -0.15) is 0 Å². The third kappa shape index (κ3) is 7.21. The monoisotopic (exact) mass is 390 g/mol. The van der Waals surface area contributed by atoms with Crippen LogP contribution in [-0.2, 0) is 52.4 Å². The molecule has 0 saturated carbocycles. The van der Waals surface area contributed by atoms with Crippen LogP contribution in [-0.4, -0.2) is 67.2 Å². The van der Waals surface area contributed by atoms with Crippen LogP contribution in [0.15, 0.2) is 0 Å². The Morgan fingerprint density at radius 2 is 1.07 bits per heavy atom. The summed E-state index contributed by atoms with van der Waals surface area (Å²) >= 11 is 0. The van der Waals surface area contributed by atoms with Crippen LogP contribution < -0.4 is 0 Å². The number of carbonyl (C=O) groups is 5. The van der Waals surface area contributed by atoms with Gasteiger partial charge >= 0.3 is 29.8 Å². The van der Waals surface area contributed by atoms with Crippen molar-refractivity contribution in [2.45, 2.75) is 65.3 Å². The van der Waals surface area contributed by atoms with Crippen LogP contribution in [0.25, 0.3) is 0 Å². The standard InChI is InChI=1S/C16H22O11/c1-7(17)22-6-12-13(23-8(2)18)14(24-9(3)19)15(25-10(4)20)16(27-12)26-11(5)21/h12-16H,6H2,1-5H3/t12-,13+,14-,15+,16-/m0/s1. The fourth-order valence-corrected chi connectivity index (χ4v) is 2.45. The molecule has 0 aliphatic carbocycles. The van der Waals surface area contributed by atoms with Crippen molar-refractivity contribution in [2.24, 2.45) is 0 Å². The Balaban J connectivity index is 3.29. The summed E-state index contributed by atoms with van der Waals surface area (Å²) in [5.41, 5.74) is 0. The molecule has 5 atom stereocenters. The van der Waals surface area contributed by atoms with Gasteiger partial charge in [0.15, 0.2) is 12.2 Å². The lowest BCUT2D eigenvalue weighted by Gasteiger charge is -2.43. The quantitative estimate of drug-likeness (QED) is 0.433. The maximum absolute atomic E-state index is 11.5. The van der Waals surface area contributed by atoms with Crippen molar-refractivity contribution in [2.75, 3.05) is 6.61 Å². The SMILES string of the molecule is CC(=O)OC[C@@H]1O[C@H](OC(C)=O)[C@H](OC(C)=O)[C@@H](OC(C)=O)[C@@H]1OC(C)=O. The molecule has 0 aromatic carbocycles. The summed E-state index contributed by atoms with van der Waals surface area (Å²) in [6.07, 6.45) is -6.70. The second kappa shape index (κ2) is 9.86. The van der Waals surface area contributed by atoms with Crippen LogP contribution in [0.3, 0.4) is 0 Å². The Hall–Kier alpha value is -2.69. The van der Waals surface area contributed by atoms with Crippen LogP contribution in [0, 0.1) is 0 Å². The highest BCUT2D eigenvalue weighted by Gasteiger charge is 2.53. The smallest absolute Gasteiger partial charge is 0.305 e. The lowest BCUT2D eigenvalue weighted by Crippen LogP contribution is -2.63. The molecular weight excluding hydrogens is 368 g/mol. The first kappa shape index (κ1) is 22.4. The zero-order valence-electron chi connectivity index (χ0n) is 15.6. The Bertz CT molecular complexity index is 599. The van der Waals surface area contributed by atoms with E-state index in [0.29, 0.717) is 0 Å². The molecule has 0 N–H and O–H groups in total. The molecule has 152 valence electrons. The zero-order valence-corrected chi connectivity index (χ0v) is 15.6. The van der Waals surface area contributed by atoms with E-state index in [9.17, 15) is 24.0 Å². The fourth-order valence-electron chi connectivity index (χ4n) is 2.45. The van der Waals surface area contributed by atoms with Gasteiger partial charge in [0, 0.05) is 34.6 Å². The highest BCUT2D eigenvalue weighted by molar-refractivity contribution is 5.69. The minimum atomic E-state index is -1.48. The first-order valence-corrected chi connectivity index (χ1v) is 7.99. The van der Waals surface area contributed by atoms with Gasteiger partial charge in [0.1, 0.15) is 12.7 Å². The summed E-state index contributed by atoms with van der Waals surface area (Å²) in [5, 5.41) is 0. The maximum atomic E-state index is 11.5. The van der Waals surface area contributed by atoms with E-state index in [0.717, 1.165) is 34.6 Å². The lowest BCUT2D eigenvalue weighted by atomic mass is 9.98. The van der Waals surface area contributed by atoms with E-state index in [1.165, 1.54) is 0 Å². The van der Waals surface area contributed by atoms with Crippen LogP contribution in [0.1, 0.15) is 34.6 Å². The summed E-state index contributed by atoms with van der Waals surface area (Å²) < 4.78 is 30.8. The van der Waals surface area contributed by atoms with E-state index in [-0.39, 0.29) is 0 Å². The molecule has 11 nitrogen and oxygen atoms in total. The Labute approximate surface area is 155 Å². The van der Waals surface area contributed by atoms with Crippen LogP contribution in [0.5, 0.6) is 0 Å². The molecule has 1 rings (SSSR count). The maximum Gasteiger partial charge on any atom is 0.305 e. The average molecular weight is 390 g/mol. The Kier molecular flexibility index (Phi) is 8.16. The average Bonchev–Trinajstić information content (AvgIpc) is 2.49. The van der Waals surface area contributed by atoms with E-state index < -0.39 is 67.2 Å². The second-order valence-electron chi connectivity index (χ2n) is 5.68. The number of carbonyl (C=O) groups excluding carboxylic acids is 5. The van der Waals surface area contributed by atoms with Crippen molar-refractivity contribution in [1.29, 1.82) is 0 Å². The summed E-state index contributed by atoms with van der Waals surface area (Å²) in [6, 6.07) is 0. The predicted octanol–water partition coefficient (Wildman–Crippen LogP) is -0.367. The second-order valence-corrected chi connectivity index (χ2v) is 5.68. The molecule has 0 unspecified atom stereocenters. The molecule has 0 radical (unpaired) electrons. The number of rotatable bonds is 6. The Morgan fingerprint density at radius 1 is 0.630 bits per heavy atom. The largest absolute Gasteiger partial charge is 0.463 e. The number of esters is 5. The third-order valence-corrected chi connectivity index (χ3v) is 3.23. The van der Waals surface area contributed by atoms with Crippen molar-refractivity contribution in [3.8, 4) is 0 Å². The molecule has 0 aromatic rings. The van der Waals surface area contributed by atoms with Gasteiger partial charge in [0.2, 0.25) is 12.4 Å². The van der Waals surface area contributed by atoms with Crippen molar-refractivity contribution in [3.63, 3.8) is 0 Å². The van der Waals surface area contributed by atoms with E-state index in [1.54, 1.807) is 0 Å². The summed E-state index contributed by atoms with van der Waals surface area (Å²) in [7, 11) is 0. The minimum absolute atomic E-state index is 0.393. The van der Waals surface area contributed by atoms with Gasteiger partial charge in [0.25, 0.3) is 0 Å². The van der Waals surface area contributed by atoms with Crippen molar-refractivity contribution >= 4 is 29.8 Å². The van der Waals surface area contributed by atoms with Crippen molar-refractivity contribution in [3.05, 3.63) is 0 Å². The number of ether oxygens (including phenoxy) is 6. The van der Waals surface area contributed by atoms with Gasteiger partial charge in [0.05, 0.1) is 0 Å². The zero-order chi connectivity index (χ0) is 20.7. The van der Waals surface area contributed by atoms with E-state index in [4.69, 9.17) is 28.4 Å². The van der Waals surface area contributed by atoms with Crippen LogP contribution in [0.4, 0.5) is 0 Å². The summed E-state index contributed by atoms with van der Waals surface area (Å²) in [6.45, 7) is 5.13. The van der Waals surface area contributed by atoms with Gasteiger partial charge in [-0.3, -0.25) is 24.0 Å². The normalized spacial score (nSPS) is 27.1. The molecule has 1 fully saturated rings. The highest BCUT2D eigenvalue weighted by atomic mass is 16.7. The molecule has 27 heavy (non-hydrogen) atoms. The van der Waals surface area contributed by atoms with E-state index in [1.807, 2.05) is 0 Å². The topological polar surface area (TPSA) is 141 Å². The van der Waals surface area contributed by atoms with Gasteiger partial charge in [-0.1, -0.05) is 0 Å². The van der Waals surface area contributed by atoms with Gasteiger partial charge in [-0.05, 0) is 0 Å². The van der Waals surface area contributed by atoms with Crippen LogP contribution >= 0.6 is 0 Å². The third-order valence-electron chi connectivity index (χ3n) is 3.23. The van der Waals surface area contributed by atoms with Crippen molar-refractivity contribution < 1.29 is 52.4 Å². The van der Waals surface area contributed by atoms with Gasteiger partial charge < -0.3 is 28.4 Å². The van der Waals surface area contributed by atoms with Crippen LogP contribution in [0.2, 0.25) is 0 Å². The molecular formula is C16H22O11. The first-order chi connectivity index (χ1) is 12.5. The molecule has 1 aliphatic heterocycles. The Morgan fingerprint density at radius 3 is 1.52 bits per heavy atom. The molecule has 0 amide bonds. The van der Waals surface area contributed by atoms with Gasteiger partial charge in [-0.15, -0.1) is 0 Å². The molecule has 1 aliphatic rings. The summed E-state index contributed by atoms with van der Waals surface area (Å²) in [5.74, 6) is -3.71. The number of hydrogen-bond donors (Lipinski definition) is 0. The lowest BCUT2D eigenvalue weighted by molar-refractivity contribution is -0.300. The molecule has 1 heterocycles. The van der Waals surface area contributed by atoms with Crippen molar-refractivity contribution in [1.82, 2.24) is 0 Å². The summed E-state index contributed by atoms with van der Waals surface area (Å²) in [4.78, 5) is 57.0. The molecule has 0 aromatic heterocycles. The molecule has 0 spiro atoms. The molecule has 1 saturated heterocycles.